The fraction of sp³-hybridized carbons (Fsp3) is 0.562. The molecule has 5 heteroatoms. The highest BCUT2D eigenvalue weighted by molar-refractivity contribution is 5.86. The van der Waals surface area contributed by atoms with Gasteiger partial charge in [-0.1, -0.05) is 12.1 Å². The molecule has 1 aromatic carbocycles. The molecule has 1 atom stereocenters. The van der Waals surface area contributed by atoms with E-state index < -0.39 is 5.54 Å². The van der Waals surface area contributed by atoms with Gasteiger partial charge < -0.3 is 16.0 Å². The molecule has 0 spiro atoms. The van der Waals surface area contributed by atoms with Crippen LogP contribution in [0.1, 0.15) is 18.9 Å². The van der Waals surface area contributed by atoms with Crippen LogP contribution in [0.2, 0.25) is 0 Å². The average molecular weight is 290 g/mol. The van der Waals surface area contributed by atoms with Crippen molar-refractivity contribution in [3.8, 4) is 0 Å². The van der Waals surface area contributed by atoms with E-state index in [0.29, 0.717) is 0 Å². The van der Waals surface area contributed by atoms with Crippen molar-refractivity contribution in [2.45, 2.75) is 18.9 Å². The summed E-state index contributed by atoms with van der Waals surface area (Å²) in [6.45, 7) is 5.52. The molecule has 21 heavy (non-hydrogen) atoms. The van der Waals surface area contributed by atoms with E-state index in [9.17, 15) is 4.79 Å². The van der Waals surface area contributed by atoms with Crippen LogP contribution in [0.3, 0.4) is 0 Å². The molecule has 0 aliphatic carbocycles. The zero-order valence-electron chi connectivity index (χ0n) is 13.2. The summed E-state index contributed by atoms with van der Waals surface area (Å²) in [5.41, 5.74) is 7.09. The number of primary amides is 1. The SMILES string of the molecule is CN(C)c1ccc(C(C)(C(N)=O)N2CCCNCC2)cc1. The van der Waals surface area contributed by atoms with Crippen molar-refractivity contribution in [3.63, 3.8) is 0 Å². The molecule has 1 amide bonds. The number of anilines is 1. The minimum atomic E-state index is -0.753. The lowest BCUT2D eigenvalue weighted by Crippen LogP contribution is -2.54. The number of benzene rings is 1. The molecule has 1 fully saturated rings. The topological polar surface area (TPSA) is 61.6 Å². The monoisotopic (exact) mass is 290 g/mol. The van der Waals surface area contributed by atoms with E-state index in [1.807, 2.05) is 50.2 Å². The molecule has 1 aliphatic rings. The second-order valence-corrected chi connectivity index (χ2v) is 5.97. The van der Waals surface area contributed by atoms with Crippen molar-refractivity contribution in [2.75, 3.05) is 45.2 Å². The van der Waals surface area contributed by atoms with E-state index in [1.54, 1.807) is 0 Å². The molecule has 1 aromatic rings. The van der Waals surface area contributed by atoms with Gasteiger partial charge in [0.1, 0.15) is 5.54 Å². The lowest BCUT2D eigenvalue weighted by Gasteiger charge is -2.38. The van der Waals surface area contributed by atoms with Crippen LogP contribution in [0.5, 0.6) is 0 Å². The van der Waals surface area contributed by atoms with Crippen LogP contribution in [0.25, 0.3) is 0 Å². The van der Waals surface area contributed by atoms with Gasteiger partial charge in [-0.3, -0.25) is 9.69 Å². The van der Waals surface area contributed by atoms with Crippen molar-refractivity contribution < 1.29 is 4.79 Å². The lowest BCUT2D eigenvalue weighted by molar-refractivity contribution is -0.129. The standard InChI is InChI=1S/C16H26N4O/c1-16(15(17)21,20-11-4-9-18-10-12-20)13-5-7-14(8-6-13)19(2)3/h5-8,18H,4,9-12H2,1-3H3,(H2,17,21). The van der Waals surface area contributed by atoms with Gasteiger partial charge in [-0.2, -0.15) is 0 Å². The molecule has 2 rings (SSSR count). The highest BCUT2D eigenvalue weighted by Crippen LogP contribution is 2.30. The number of carbonyl (C=O) groups excluding carboxylic acids is 1. The Balaban J connectivity index is 2.34. The Labute approximate surface area is 127 Å². The Morgan fingerprint density at radius 3 is 2.48 bits per heavy atom. The first kappa shape index (κ1) is 15.8. The predicted molar refractivity (Wildman–Crippen MR) is 86.4 cm³/mol. The zero-order valence-corrected chi connectivity index (χ0v) is 13.2. The van der Waals surface area contributed by atoms with Crippen molar-refractivity contribution in [1.29, 1.82) is 0 Å². The number of nitrogens with two attached hydrogens (primary N) is 1. The Morgan fingerprint density at radius 1 is 1.24 bits per heavy atom. The van der Waals surface area contributed by atoms with E-state index >= 15 is 0 Å². The molecule has 0 radical (unpaired) electrons. The first-order valence-corrected chi connectivity index (χ1v) is 7.50. The van der Waals surface area contributed by atoms with Crippen LogP contribution in [-0.2, 0) is 10.3 Å². The second-order valence-electron chi connectivity index (χ2n) is 5.97. The van der Waals surface area contributed by atoms with E-state index in [4.69, 9.17) is 5.73 Å². The number of rotatable bonds is 4. The molecule has 116 valence electrons. The molecule has 1 heterocycles. The van der Waals surface area contributed by atoms with Gasteiger partial charge in [0.25, 0.3) is 0 Å². The molecule has 0 aromatic heterocycles. The molecule has 3 N–H and O–H groups in total. The Kier molecular flexibility index (Phi) is 4.85. The summed E-state index contributed by atoms with van der Waals surface area (Å²) in [5, 5.41) is 3.36. The van der Waals surface area contributed by atoms with E-state index in [1.165, 1.54) is 0 Å². The molecule has 5 nitrogen and oxygen atoms in total. The van der Waals surface area contributed by atoms with Crippen molar-refractivity contribution in [1.82, 2.24) is 10.2 Å². The predicted octanol–water partition coefficient (Wildman–Crippen LogP) is 0.748. The number of nitrogens with zero attached hydrogens (tertiary/aromatic N) is 2. The maximum atomic E-state index is 12.2. The number of nitrogens with one attached hydrogen (secondary N) is 1. The quantitative estimate of drug-likeness (QED) is 0.859. The van der Waals surface area contributed by atoms with Gasteiger partial charge in [0, 0.05) is 39.4 Å². The van der Waals surface area contributed by atoms with Gasteiger partial charge in [-0.25, -0.2) is 0 Å². The zero-order chi connectivity index (χ0) is 15.5. The number of carbonyl (C=O) groups is 1. The number of hydrogen-bond acceptors (Lipinski definition) is 4. The smallest absolute Gasteiger partial charge is 0.242 e. The summed E-state index contributed by atoms with van der Waals surface area (Å²) in [7, 11) is 4.01. The van der Waals surface area contributed by atoms with Gasteiger partial charge in [0.05, 0.1) is 0 Å². The van der Waals surface area contributed by atoms with E-state index in [-0.39, 0.29) is 5.91 Å². The maximum absolute atomic E-state index is 12.2. The van der Waals surface area contributed by atoms with Crippen LogP contribution in [0, 0.1) is 0 Å². The lowest BCUT2D eigenvalue weighted by atomic mass is 9.88. The van der Waals surface area contributed by atoms with Crippen LogP contribution in [-0.4, -0.2) is 51.1 Å². The molecule has 1 unspecified atom stereocenters. The van der Waals surface area contributed by atoms with E-state index in [2.05, 4.69) is 10.2 Å². The minimum Gasteiger partial charge on any atom is -0.378 e. The summed E-state index contributed by atoms with van der Waals surface area (Å²) in [5.74, 6) is -0.290. The van der Waals surface area contributed by atoms with E-state index in [0.717, 1.165) is 43.9 Å². The van der Waals surface area contributed by atoms with Gasteiger partial charge in [-0.15, -0.1) is 0 Å². The second kappa shape index (κ2) is 6.45. The third kappa shape index (κ3) is 3.19. The summed E-state index contributed by atoms with van der Waals surface area (Å²) < 4.78 is 0. The number of amides is 1. The van der Waals surface area contributed by atoms with Crippen molar-refractivity contribution in [3.05, 3.63) is 29.8 Å². The summed E-state index contributed by atoms with van der Waals surface area (Å²) >= 11 is 0. The third-order valence-electron chi connectivity index (χ3n) is 4.40. The van der Waals surface area contributed by atoms with Gasteiger partial charge in [0.15, 0.2) is 0 Å². The minimum absolute atomic E-state index is 0.290. The first-order chi connectivity index (χ1) is 9.96. The van der Waals surface area contributed by atoms with Crippen molar-refractivity contribution >= 4 is 11.6 Å². The summed E-state index contributed by atoms with van der Waals surface area (Å²) in [6, 6.07) is 8.09. The molecule has 1 saturated heterocycles. The fourth-order valence-corrected chi connectivity index (χ4v) is 2.86. The summed E-state index contributed by atoms with van der Waals surface area (Å²) in [6.07, 6.45) is 1.03. The van der Waals surface area contributed by atoms with Crippen LogP contribution in [0.15, 0.2) is 24.3 Å². The highest BCUT2D eigenvalue weighted by atomic mass is 16.1. The summed E-state index contributed by atoms with van der Waals surface area (Å²) in [4.78, 5) is 16.4. The van der Waals surface area contributed by atoms with Crippen LogP contribution >= 0.6 is 0 Å². The average Bonchev–Trinajstić information content (AvgIpc) is 2.75. The molecular weight excluding hydrogens is 264 g/mol. The Hall–Kier alpha value is -1.59. The third-order valence-corrected chi connectivity index (χ3v) is 4.40. The molecule has 0 saturated carbocycles. The van der Waals surface area contributed by atoms with Crippen molar-refractivity contribution in [2.24, 2.45) is 5.73 Å². The molecule has 0 bridgehead atoms. The van der Waals surface area contributed by atoms with Gasteiger partial charge >= 0.3 is 0 Å². The largest absolute Gasteiger partial charge is 0.378 e. The van der Waals surface area contributed by atoms with Crippen LogP contribution in [0.4, 0.5) is 5.69 Å². The molecule has 1 aliphatic heterocycles. The Bertz CT molecular complexity index is 478. The van der Waals surface area contributed by atoms with Crippen LogP contribution < -0.4 is 16.0 Å². The normalized spacial score (nSPS) is 19.6. The Morgan fingerprint density at radius 2 is 1.90 bits per heavy atom. The highest BCUT2D eigenvalue weighted by Gasteiger charge is 2.39. The van der Waals surface area contributed by atoms with Gasteiger partial charge in [0.2, 0.25) is 5.91 Å². The number of hydrogen-bond donors (Lipinski definition) is 2. The van der Waals surface area contributed by atoms with Gasteiger partial charge in [-0.05, 0) is 37.6 Å². The molecular formula is C16H26N4O. The maximum Gasteiger partial charge on any atom is 0.242 e. The first-order valence-electron chi connectivity index (χ1n) is 7.50. The fourth-order valence-electron chi connectivity index (χ4n) is 2.86.